The SMILES string of the molecule is CN(C)CC=Cc1nc(N(C)C)c2c(c1OCc1ccccc1)C(=O)C1C(=O)[C@]3(O[Si](C)(C)C(C)(C)C)C(=O)c4c(OCc5ccccc5)noc4[C@@H](N(C)C)[C@@H]3C[C@@H]1C2. The number of fused-ring (bicyclic) bond motifs is 4. The van der Waals surface area contributed by atoms with E-state index < -0.39 is 49.3 Å². The Labute approximate surface area is 355 Å². The van der Waals surface area contributed by atoms with E-state index in [1.54, 1.807) is 0 Å². The molecular formula is C47H59N5O7Si. The third-order valence-corrected chi connectivity index (χ3v) is 17.2. The maximum atomic E-state index is 16.0. The number of aromatic nitrogens is 2. The fourth-order valence-corrected chi connectivity index (χ4v) is 10.3. The van der Waals surface area contributed by atoms with Gasteiger partial charge in [0, 0.05) is 32.1 Å². The van der Waals surface area contributed by atoms with Gasteiger partial charge in [0.2, 0.25) is 5.78 Å². The average molecular weight is 834 g/mol. The summed E-state index contributed by atoms with van der Waals surface area (Å²) in [6, 6.07) is 18.7. The molecule has 1 unspecified atom stereocenters. The van der Waals surface area contributed by atoms with Crippen molar-refractivity contribution < 1.29 is 32.8 Å². The van der Waals surface area contributed by atoms with E-state index in [2.05, 4.69) is 25.9 Å². The first-order valence-electron chi connectivity index (χ1n) is 20.8. The topological polar surface area (TPSA) is 128 Å². The molecule has 2 aromatic carbocycles. The van der Waals surface area contributed by atoms with Crippen molar-refractivity contribution >= 4 is 37.6 Å². The Morgan fingerprint density at radius 2 is 1.50 bits per heavy atom. The number of likely N-dealkylation sites (N-methyl/N-ethyl adjacent to an activating group) is 1. The monoisotopic (exact) mass is 833 g/mol. The number of rotatable bonds is 13. The van der Waals surface area contributed by atoms with Crippen molar-refractivity contribution in [1.82, 2.24) is 19.9 Å². The van der Waals surface area contributed by atoms with Crippen LogP contribution in [0.5, 0.6) is 11.6 Å². The smallest absolute Gasteiger partial charge is 0.265 e. The summed E-state index contributed by atoms with van der Waals surface area (Å²) in [6.07, 6.45) is 4.57. The van der Waals surface area contributed by atoms with E-state index in [-0.39, 0.29) is 35.5 Å². The number of nitrogens with zero attached hydrogens (tertiary/aromatic N) is 5. The molecule has 0 radical (unpaired) electrons. The molecule has 12 nitrogen and oxygen atoms in total. The highest BCUT2D eigenvalue weighted by Gasteiger charge is 2.70. The van der Waals surface area contributed by atoms with Gasteiger partial charge in [-0.1, -0.05) is 87.5 Å². The van der Waals surface area contributed by atoms with Crippen molar-refractivity contribution in [2.24, 2.45) is 17.8 Å². The van der Waals surface area contributed by atoms with Gasteiger partial charge < -0.3 is 28.2 Å². The first kappa shape index (κ1) is 43.1. The standard InChI is InChI=1S/C47H59N5O7Si/c1-46(2,3)60(10,11)59-47-33(38(51(6)7)41-37(43(47)55)45(49-58-41)57-28-30-21-16-13-17-22-30)26-31-25-32-36(39(53)35(31)42(47)54)40(56-27-29-19-14-12-15-20-29)34(23-18-24-50(4)5)48-44(32)52(8)9/h12-23,31,33,35,38H,24-28H2,1-11H3/t31-,33-,35?,38-,47-/m0/s1. The lowest BCUT2D eigenvalue weighted by molar-refractivity contribution is -0.151. The van der Waals surface area contributed by atoms with Crippen LogP contribution in [0.25, 0.3) is 6.08 Å². The summed E-state index contributed by atoms with van der Waals surface area (Å²) < 4.78 is 26.2. The average Bonchev–Trinajstić information content (AvgIpc) is 3.61. The number of ether oxygens (including phenoxy) is 2. The number of benzene rings is 2. The van der Waals surface area contributed by atoms with E-state index in [0.717, 1.165) is 16.7 Å². The zero-order chi connectivity index (χ0) is 43.3. The fourth-order valence-electron chi connectivity index (χ4n) is 8.85. The van der Waals surface area contributed by atoms with Gasteiger partial charge in [0.15, 0.2) is 37.0 Å². The number of carbonyl (C=O) groups excluding carboxylic acids is 3. The van der Waals surface area contributed by atoms with Crippen molar-refractivity contribution in [2.75, 3.05) is 53.7 Å². The maximum Gasteiger partial charge on any atom is 0.265 e. The van der Waals surface area contributed by atoms with Gasteiger partial charge in [0.1, 0.15) is 30.3 Å². The van der Waals surface area contributed by atoms with Crippen molar-refractivity contribution in [3.05, 3.63) is 106 Å². The van der Waals surface area contributed by atoms with E-state index in [0.29, 0.717) is 48.0 Å². The minimum atomic E-state index is -2.93. The number of carbonyl (C=O) groups is 3. The highest BCUT2D eigenvalue weighted by atomic mass is 28.4. The van der Waals surface area contributed by atoms with Crippen LogP contribution in [-0.4, -0.2) is 100 Å². The van der Waals surface area contributed by atoms with Crippen molar-refractivity contribution in [1.29, 1.82) is 0 Å². The number of hydrogen-bond donors (Lipinski definition) is 0. The molecule has 13 heteroatoms. The number of pyridine rings is 1. The molecule has 0 saturated heterocycles. The van der Waals surface area contributed by atoms with Crippen LogP contribution < -0.4 is 14.4 Å². The molecule has 2 heterocycles. The molecule has 0 spiro atoms. The lowest BCUT2D eigenvalue weighted by Gasteiger charge is -2.56. The summed E-state index contributed by atoms with van der Waals surface area (Å²) >= 11 is 0. The minimum absolute atomic E-state index is 0.00468. The van der Waals surface area contributed by atoms with Crippen LogP contribution in [0.4, 0.5) is 5.82 Å². The molecule has 1 fully saturated rings. The Morgan fingerprint density at radius 3 is 2.07 bits per heavy atom. The second-order valence-electron chi connectivity index (χ2n) is 18.7. The first-order chi connectivity index (χ1) is 28.4. The van der Waals surface area contributed by atoms with E-state index in [1.807, 2.05) is 143 Å². The molecule has 0 bridgehead atoms. The highest BCUT2D eigenvalue weighted by Crippen LogP contribution is 2.59. The third-order valence-electron chi connectivity index (χ3n) is 12.7. The lowest BCUT2D eigenvalue weighted by Crippen LogP contribution is -2.70. The van der Waals surface area contributed by atoms with Gasteiger partial charge >= 0.3 is 0 Å². The van der Waals surface area contributed by atoms with Gasteiger partial charge in [-0.25, -0.2) is 4.98 Å². The highest BCUT2D eigenvalue weighted by molar-refractivity contribution is 6.74. The minimum Gasteiger partial charge on any atom is -0.486 e. The number of Topliss-reactive ketones (excluding diaryl/α,β-unsaturated/α-hetero) is 3. The molecule has 60 heavy (non-hydrogen) atoms. The van der Waals surface area contributed by atoms with Crippen molar-refractivity contribution in [2.45, 2.75) is 76.6 Å². The quantitative estimate of drug-likeness (QED) is 0.0969. The van der Waals surface area contributed by atoms with Gasteiger partial charge in [-0.15, -0.1) is 0 Å². The molecule has 318 valence electrons. The summed E-state index contributed by atoms with van der Waals surface area (Å²) in [5.41, 5.74) is 1.41. The van der Waals surface area contributed by atoms with Crippen molar-refractivity contribution in [3.63, 3.8) is 0 Å². The molecule has 1 saturated carbocycles. The number of anilines is 1. The molecular weight excluding hydrogens is 775 g/mol. The predicted octanol–water partition coefficient (Wildman–Crippen LogP) is 7.69. The second kappa shape index (κ2) is 16.5. The molecule has 3 aliphatic rings. The van der Waals surface area contributed by atoms with E-state index in [1.165, 1.54) is 0 Å². The molecule has 0 N–H and O–H groups in total. The van der Waals surface area contributed by atoms with Crippen LogP contribution >= 0.6 is 0 Å². The van der Waals surface area contributed by atoms with Gasteiger partial charge in [0.25, 0.3) is 5.88 Å². The largest absolute Gasteiger partial charge is 0.486 e. The molecule has 5 atom stereocenters. The third kappa shape index (κ3) is 7.65. The summed E-state index contributed by atoms with van der Waals surface area (Å²) in [5.74, 6) is -2.50. The number of ketones is 3. The molecule has 3 aliphatic carbocycles. The van der Waals surface area contributed by atoms with Crippen LogP contribution in [0.3, 0.4) is 0 Å². The molecule has 7 rings (SSSR count). The van der Waals surface area contributed by atoms with E-state index >= 15 is 14.4 Å². The van der Waals surface area contributed by atoms with Gasteiger partial charge in [0.05, 0.1) is 17.5 Å². The maximum absolute atomic E-state index is 16.0. The zero-order valence-electron chi connectivity index (χ0n) is 36.9. The van der Waals surface area contributed by atoms with Crippen LogP contribution in [0.2, 0.25) is 18.1 Å². The van der Waals surface area contributed by atoms with Crippen LogP contribution in [0.1, 0.15) is 82.1 Å². The molecule has 2 aromatic heterocycles. The Kier molecular flexibility index (Phi) is 11.9. The van der Waals surface area contributed by atoms with Gasteiger partial charge in [-0.2, -0.15) is 0 Å². The lowest BCUT2D eigenvalue weighted by atomic mass is 9.54. The second-order valence-corrected chi connectivity index (χ2v) is 23.4. The summed E-state index contributed by atoms with van der Waals surface area (Å²) in [6.45, 7) is 11.3. The van der Waals surface area contributed by atoms with Crippen molar-refractivity contribution in [3.8, 4) is 11.6 Å². The normalized spacial score (nSPS) is 22.8. The summed E-state index contributed by atoms with van der Waals surface area (Å²) in [7, 11) is 8.65. The number of hydrogen-bond acceptors (Lipinski definition) is 12. The molecule has 0 amide bonds. The Balaban J connectivity index is 1.41. The fraction of sp³-hybridized carbons (Fsp3) is 0.468. The Morgan fingerprint density at radius 1 is 0.883 bits per heavy atom. The Hall–Kier alpha value is -4.95. The predicted molar refractivity (Wildman–Crippen MR) is 234 cm³/mol. The summed E-state index contributed by atoms with van der Waals surface area (Å²) in [5, 5.41) is 3.93. The zero-order valence-corrected chi connectivity index (χ0v) is 37.9. The van der Waals surface area contributed by atoms with E-state index in [4.69, 9.17) is 23.4 Å². The first-order valence-corrected chi connectivity index (χ1v) is 23.7. The van der Waals surface area contributed by atoms with E-state index in [9.17, 15) is 0 Å². The molecule has 0 aliphatic heterocycles. The van der Waals surface area contributed by atoms with Gasteiger partial charge in [-0.3, -0.25) is 19.3 Å². The Bertz CT molecular complexity index is 2280. The van der Waals surface area contributed by atoms with Gasteiger partial charge in [-0.05, 0) is 87.4 Å². The van der Waals surface area contributed by atoms with Crippen LogP contribution in [0.15, 0.2) is 71.3 Å². The summed E-state index contributed by atoms with van der Waals surface area (Å²) in [4.78, 5) is 58.4. The molecule has 4 aromatic rings. The van der Waals surface area contributed by atoms with Crippen LogP contribution in [0, 0.1) is 17.8 Å². The van der Waals surface area contributed by atoms with Crippen LogP contribution in [-0.2, 0) is 28.9 Å².